The SMILES string of the molecule is CCNC(c1ccc(OC)cc1)c1ccc(Cl)cc1Br. The first-order valence-corrected chi connectivity index (χ1v) is 7.65. The molecule has 0 bridgehead atoms. The molecule has 2 aromatic carbocycles. The number of hydrogen-bond donors (Lipinski definition) is 1. The molecule has 0 saturated carbocycles. The third-order valence-electron chi connectivity index (χ3n) is 3.13. The van der Waals surface area contributed by atoms with Crippen molar-refractivity contribution in [1.82, 2.24) is 5.32 Å². The molecule has 1 atom stereocenters. The van der Waals surface area contributed by atoms with Gasteiger partial charge >= 0.3 is 0 Å². The molecule has 0 aliphatic heterocycles. The zero-order valence-corrected chi connectivity index (χ0v) is 13.8. The van der Waals surface area contributed by atoms with Crippen LogP contribution < -0.4 is 10.1 Å². The molecule has 0 aliphatic rings. The number of rotatable bonds is 5. The maximum Gasteiger partial charge on any atom is 0.118 e. The summed E-state index contributed by atoms with van der Waals surface area (Å²) >= 11 is 9.61. The fourth-order valence-electron chi connectivity index (χ4n) is 2.14. The Morgan fingerprint density at radius 3 is 2.45 bits per heavy atom. The van der Waals surface area contributed by atoms with Gasteiger partial charge in [-0.05, 0) is 41.9 Å². The second kappa shape index (κ2) is 7.11. The summed E-state index contributed by atoms with van der Waals surface area (Å²) in [5, 5.41) is 4.23. The van der Waals surface area contributed by atoms with Crippen LogP contribution in [0.4, 0.5) is 0 Å². The van der Waals surface area contributed by atoms with Gasteiger partial charge in [0.2, 0.25) is 0 Å². The van der Waals surface area contributed by atoms with E-state index >= 15 is 0 Å². The molecule has 2 rings (SSSR count). The van der Waals surface area contributed by atoms with Crippen LogP contribution in [-0.4, -0.2) is 13.7 Å². The first kappa shape index (κ1) is 15.4. The number of halogens is 2. The topological polar surface area (TPSA) is 21.3 Å². The molecule has 0 aliphatic carbocycles. The molecule has 0 aromatic heterocycles. The van der Waals surface area contributed by atoms with Crippen molar-refractivity contribution in [2.24, 2.45) is 0 Å². The largest absolute Gasteiger partial charge is 0.497 e. The van der Waals surface area contributed by atoms with Crippen LogP contribution in [0.1, 0.15) is 24.1 Å². The van der Waals surface area contributed by atoms with Crippen LogP contribution in [0.3, 0.4) is 0 Å². The second-order valence-electron chi connectivity index (χ2n) is 4.43. The van der Waals surface area contributed by atoms with Crippen molar-refractivity contribution in [2.45, 2.75) is 13.0 Å². The molecule has 20 heavy (non-hydrogen) atoms. The van der Waals surface area contributed by atoms with Gasteiger partial charge in [0.1, 0.15) is 5.75 Å². The van der Waals surface area contributed by atoms with E-state index < -0.39 is 0 Å². The maximum absolute atomic E-state index is 6.02. The average molecular weight is 355 g/mol. The van der Waals surface area contributed by atoms with Crippen molar-refractivity contribution in [3.8, 4) is 5.75 Å². The highest BCUT2D eigenvalue weighted by molar-refractivity contribution is 9.10. The lowest BCUT2D eigenvalue weighted by Crippen LogP contribution is -2.22. The molecule has 0 spiro atoms. The smallest absolute Gasteiger partial charge is 0.118 e. The molecular weight excluding hydrogens is 338 g/mol. The van der Waals surface area contributed by atoms with E-state index in [2.05, 4.69) is 40.3 Å². The zero-order chi connectivity index (χ0) is 14.5. The minimum atomic E-state index is 0.123. The van der Waals surface area contributed by atoms with E-state index in [-0.39, 0.29) is 6.04 Å². The third kappa shape index (κ3) is 3.54. The lowest BCUT2D eigenvalue weighted by atomic mass is 9.98. The molecule has 4 heteroatoms. The molecule has 2 nitrogen and oxygen atoms in total. The highest BCUT2D eigenvalue weighted by atomic mass is 79.9. The number of hydrogen-bond acceptors (Lipinski definition) is 2. The van der Waals surface area contributed by atoms with Crippen molar-refractivity contribution < 1.29 is 4.74 Å². The van der Waals surface area contributed by atoms with Crippen LogP contribution in [0.25, 0.3) is 0 Å². The van der Waals surface area contributed by atoms with Gasteiger partial charge in [0.25, 0.3) is 0 Å². The molecule has 0 radical (unpaired) electrons. The summed E-state index contributed by atoms with van der Waals surface area (Å²) in [6.07, 6.45) is 0. The normalized spacial score (nSPS) is 12.2. The summed E-state index contributed by atoms with van der Waals surface area (Å²) in [7, 11) is 1.67. The van der Waals surface area contributed by atoms with E-state index in [4.69, 9.17) is 16.3 Å². The van der Waals surface area contributed by atoms with Crippen LogP contribution in [-0.2, 0) is 0 Å². The molecule has 0 fully saturated rings. The van der Waals surface area contributed by atoms with Crippen molar-refractivity contribution in [1.29, 1.82) is 0 Å². The standard InChI is InChI=1S/C16H17BrClNO/c1-3-19-16(11-4-7-13(20-2)8-5-11)14-9-6-12(18)10-15(14)17/h4-10,16,19H,3H2,1-2H3. The minimum Gasteiger partial charge on any atom is -0.497 e. The van der Waals surface area contributed by atoms with Gasteiger partial charge in [-0.25, -0.2) is 0 Å². The van der Waals surface area contributed by atoms with Gasteiger partial charge < -0.3 is 10.1 Å². The van der Waals surface area contributed by atoms with E-state index in [0.717, 1.165) is 21.8 Å². The summed E-state index contributed by atoms with van der Waals surface area (Å²) in [5.74, 6) is 0.860. The van der Waals surface area contributed by atoms with Crippen molar-refractivity contribution in [3.05, 3.63) is 63.1 Å². The minimum absolute atomic E-state index is 0.123. The number of ether oxygens (including phenoxy) is 1. The van der Waals surface area contributed by atoms with E-state index in [9.17, 15) is 0 Å². The van der Waals surface area contributed by atoms with E-state index in [1.54, 1.807) is 7.11 Å². The summed E-state index contributed by atoms with van der Waals surface area (Å²) in [6.45, 7) is 2.98. The fourth-order valence-corrected chi connectivity index (χ4v) is 3.06. The quantitative estimate of drug-likeness (QED) is 0.832. The van der Waals surface area contributed by atoms with Crippen LogP contribution in [0.2, 0.25) is 5.02 Å². The molecule has 0 heterocycles. The molecule has 1 unspecified atom stereocenters. The van der Waals surface area contributed by atoms with Crippen LogP contribution in [0.15, 0.2) is 46.9 Å². The molecular formula is C16H17BrClNO. The van der Waals surface area contributed by atoms with Gasteiger partial charge in [-0.1, -0.05) is 52.7 Å². The first-order valence-electron chi connectivity index (χ1n) is 6.48. The van der Waals surface area contributed by atoms with Gasteiger partial charge in [-0.3, -0.25) is 0 Å². The lowest BCUT2D eigenvalue weighted by Gasteiger charge is -2.20. The Morgan fingerprint density at radius 1 is 1.20 bits per heavy atom. The Kier molecular flexibility index (Phi) is 5.46. The van der Waals surface area contributed by atoms with E-state index in [1.165, 1.54) is 11.1 Å². The Bertz CT molecular complexity index is 571. The summed E-state index contributed by atoms with van der Waals surface area (Å²) in [5.41, 5.74) is 2.36. The van der Waals surface area contributed by atoms with Gasteiger partial charge in [-0.15, -0.1) is 0 Å². The van der Waals surface area contributed by atoms with Crippen LogP contribution in [0.5, 0.6) is 5.75 Å². The van der Waals surface area contributed by atoms with Crippen molar-refractivity contribution in [2.75, 3.05) is 13.7 Å². The van der Waals surface area contributed by atoms with Gasteiger partial charge in [-0.2, -0.15) is 0 Å². The van der Waals surface area contributed by atoms with E-state index in [1.807, 2.05) is 30.3 Å². The van der Waals surface area contributed by atoms with Gasteiger partial charge in [0.05, 0.1) is 13.2 Å². The summed E-state index contributed by atoms with van der Waals surface area (Å²) in [6, 6.07) is 14.1. The highest BCUT2D eigenvalue weighted by Crippen LogP contribution is 2.31. The predicted molar refractivity (Wildman–Crippen MR) is 87.7 cm³/mol. The van der Waals surface area contributed by atoms with Crippen LogP contribution in [0, 0.1) is 0 Å². The number of benzene rings is 2. The Labute approximate surface area is 133 Å². The lowest BCUT2D eigenvalue weighted by molar-refractivity contribution is 0.414. The van der Waals surface area contributed by atoms with Gasteiger partial charge in [0.15, 0.2) is 0 Å². The zero-order valence-electron chi connectivity index (χ0n) is 11.5. The number of nitrogens with one attached hydrogen (secondary N) is 1. The van der Waals surface area contributed by atoms with E-state index in [0.29, 0.717) is 0 Å². The predicted octanol–water partition coefficient (Wildman–Crippen LogP) is 4.81. The molecule has 1 N–H and O–H groups in total. The molecule has 106 valence electrons. The molecule has 2 aromatic rings. The Morgan fingerprint density at radius 2 is 1.90 bits per heavy atom. The molecule has 0 saturated heterocycles. The van der Waals surface area contributed by atoms with Gasteiger partial charge in [0, 0.05) is 9.50 Å². The van der Waals surface area contributed by atoms with Crippen molar-refractivity contribution >= 4 is 27.5 Å². The summed E-state index contributed by atoms with van der Waals surface area (Å²) < 4.78 is 6.21. The average Bonchev–Trinajstić information content (AvgIpc) is 2.46. The van der Waals surface area contributed by atoms with Crippen LogP contribution >= 0.6 is 27.5 Å². The Hall–Kier alpha value is -1.03. The fraction of sp³-hybridized carbons (Fsp3) is 0.250. The first-order chi connectivity index (χ1) is 9.65. The maximum atomic E-state index is 6.02. The molecule has 0 amide bonds. The number of methoxy groups -OCH3 is 1. The third-order valence-corrected chi connectivity index (χ3v) is 4.05. The second-order valence-corrected chi connectivity index (χ2v) is 5.72. The Balaban J connectivity index is 2.38. The highest BCUT2D eigenvalue weighted by Gasteiger charge is 2.16. The monoisotopic (exact) mass is 353 g/mol. The van der Waals surface area contributed by atoms with Crippen molar-refractivity contribution in [3.63, 3.8) is 0 Å². The summed E-state index contributed by atoms with van der Waals surface area (Å²) in [4.78, 5) is 0.